The third-order valence-corrected chi connectivity index (χ3v) is 4.55. The molecular weight excluding hydrogens is 248 g/mol. The van der Waals surface area contributed by atoms with Gasteiger partial charge < -0.3 is 10.6 Å². The van der Waals surface area contributed by atoms with Crippen LogP contribution in [0.3, 0.4) is 0 Å². The fourth-order valence-corrected chi connectivity index (χ4v) is 3.03. The molecule has 3 nitrogen and oxygen atoms in total. The lowest BCUT2D eigenvalue weighted by Gasteiger charge is -2.27. The molecule has 1 fully saturated rings. The van der Waals surface area contributed by atoms with Gasteiger partial charge in [-0.2, -0.15) is 0 Å². The molecule has 3 heteroatoms. The van der Waals surface area contributed by atoms with Crippen LogP contribution in [0.25, 0.3) is 0 Å². The van der Waals surface area contributed by atoms with Gasteiger partial charge in [0.2, 0.25) is 5.91 Å². The molecule has 1 heterocycles. The molecule has 108 valence electrons. The molecule has 2 N–H and O–H groups in total. The third-order valence-electron chi connectivity index (χ3n) is 4.55. The molecule has 1 aromatic rings. The van der Waals surface area contributed by atoms with E-state index in [1.807, 2.05) is 0 Å². The number of carbonyl (C=O) groups excluding carboxylic acids is 1. The summed E-state index contributed by atoms with van der Waals surface area (Å²) >= 11 is 0. The van der Waals surface area contributed by atoms with Gasteiger partial charge in [-0.3, -0.25) is 4.79 Å². The van der Waals surface area contributed by atoms with E-state index in [0.717, 1.165) is 31.7 Å². The molecule has 1 saturated carbocycles. The number of hydrogen-bond donors (Lipinski definition) is 2. The first-order chi connectivity index (χ1) is 9.76. The molecule has 1 amide bonds. The normalized spacial score (nSPS) is 22.9. The second kappa shape index (κ2) is 5.96. The van der Waals surface area contributed by atoms with Crippen LogP contribution >= 0.6 is 0 Å². The van der Waals surface area contributed by atoms with Gasteiger partial charge in [0.15, 0.2) is 0 Å². The molecule has 0 spiro atoms. The van der Waals surface area contributed by atoms with E-state index in [0.29, 0.717) is 6.04 Å². The Morgan fingerprint density at radius 3 is 2.80 bits per heavy atom. The van der Waals surface area contributed by atoms with Gasteiger partial charge in [0.05, 0.1) is 6.04 Å². The highest BCUT2D eigenvalue weighted by molar-refractivity contribution is 5.82. The Balaban J connectivity index is 1.57. The Morgan fingerprint density at radius 1 is 1.35 bits per heavy atom. The van der Waals surface area contributed by atoms with E-state index < -0.39 is 0 Å². The van der Waals surface area contributed by atoms with Crippen LogP contribution in [0.1, 0.15) is 43.7 Å². The molecule has 1 aliphatic heterocycles. The fraction of sp³-hybridized carbons (Fsp3) is 0.588. The number of nitrogens with one attached hydrogen (secondary N) is 2. The van der Waals surface area contributed by atoms with Crippen molar-refractivity contribution in [2.24, 2.45) is 5.92 Å². The molecule has 1 aliphatic carbocycles. The second-order valence-electron chi connectivity index (χ2n) is 6.20. The number of carbonyl (C=O) groups is 1. The average Bonchev–Trinajstić information content (AvgIpc) is 3.30. The maximum Gasteiger partial charge on any atom is 0.237 e. The minimum atomic E-state index is -0.0712. The van der Waals surface area contributed by atoms with Gasteiger partial charge in [-0.1, -0.05) is 44.0 Å². The van der Waals surface area contributed by atoms with Crippen LogP contribution in [-0.4, -0.2) is 18.0 Å². The topological polar surface area (TPSA) is 41.1 Å². The summed E-state index contributed by atoms with van der Waals surface area (Å²) in [5.41, 5.74) is 2.63. The van der Waals surface area contributed by atoms with Gasteiger partial charge in [-0.25, -0.2) is 0 Å². The Morgan fingerprint density at radius 2 is 2.10 bits per heavy atom. The van der Waals surface area contributed by atoms with Gasteiger partial charge in [0.1, 0.15) is 0 Å². The number of amides is 1. The summed E-state index contributed by atoms with van der Waals surface area (Å²) < 4.78 is 0. The molecule has 3 rings (SSSR count). The predicted molar refractivity (Wildman–Crippen MR) is 80.3 cm³/mol. The summed E-state index contributed by atoms with van der Waals surface area (Å²) in [7, 11) is 0. The van der Waals surface area contributed by atoms with Crippen molar-refractivity contribution in [2.45, 2.75) is 57.7 Å². The van der Waals surface area contributed by atoms with E-state index in [9.17, 15) is 4.79 Å². The third kappa shape index (κ3) is 3.21. The summed E-state index contributed by atoms with van der Waals surface area (Å²) in [6.07, 6.45) is 5.70. The first-order valence-corrected chi connectivity index (χ1v) is 7.86. The number of fused-ring (bicyclic) bond motifs is 1. The van der Waals surface area contributed by atoms with Crippen molar-refractivity contribution < 1.29 is 4.79 Å². The second-order valence-corrected chi connectivity index (χ2v) is 6.20. The zero-order valence-electron chi connectivity index (χ0n) is 12.2. The maximum absolute atomic E-state index is 12.4. The molecule has 0 saturated heterocycles. The van der Waals surface area contributed by atoms with E-state index >= 15 is 0 Å². The zero-order chi connectivity index (χ0) is 13.9. The number of rotatable bonds is 5. The van der Waals surface area contributed by atoms with Crippen molar-refractivity contribution in [2.75, 3.05) is 0 Å². The monoisotopic (exact) mass is 272 g/mol. The summed E-state index contributed by atoms with van der Waals surface area (Å²) in [4.78, 5) is 12.4. The molecule has 2 aliphatic rings. The number of benzene rings is 1. The van der Waals surface area contributed by atoms with Crippen LogP contribution in [0.4, 0.5) is 0 Å². The van der Waals surface area contributed by atoms with Crippen LogP contribution < -0.4 is 10.6 Å². The molecule has 0 radical (unpaired) electrons. The Labute approximate surface area is 121 Å². The van der Waals surface area contributed by atoms with Crippen LogP contribution in [0.15, 0.2) is 24.3 Å². The van der Waals surface area contributed by atoms with Crippen molar-refractivity contribution in [3.63, 3.8) is 0 Å². The van der Waals surface area contributed by atoms with Gasteiger partial charge in [-0.05, 0) is 36.3 Å². The van der Waals surface area contributed by atoms with Crippen molar-refractivity contribution in [3.8, 4) is 0 Å². The highest BCUT2D eigenvalue weighted by Gasteiger charge is 2.28. The molecule has 1 unspecified atom stereocenters. The van der Waals surface area contributed by atoms with Crippen molar-refractivity contribution in [3.05, 3.63) is 35.4 Å². The SMILES string of the molecule is CCC(CC1CC1)NC(=O)[C@@H]1Cc2ccccc2CN1. The lowest BCUT2D eigenvalue weighted by molar-refractivity contribution is -0.124. The van der Waals surface area contributed by atoms with Gasteiger partial charge in [0, 0.05) is 12.6 Å². The van der Waals surface area contributed by atoms with Gasteiger partial charge >= 0.3 is 0 Å². The van der Waals surface area contributed by atoms with E-state index in [1.165, 1.54) is 24.0 Å². The molecule has 1 aromatic carbocycles. The van der Waals surface area contributed by atoms with Crippen LogP contribution in [0.2, 0.25) is 0 Å². The van der Waals surface area contributed by atoms with E-state index in [2.05, 4.69) is 41.8 Å². The summed E-state index contributed by atoms with van der Waals surface area (Å²) in [5, 5.41) is 6.60. The highest BCUT2D eigenvalue weighted by Crippen LogP contribution is 2.34. The first kappa shape index (κ1) is 13.6. The average molecular weight is 272 g/mol. The smallest absolute Gasteiger partial charge is 0.237 e. The van der Waals surface area contributed by atoms with Gasteiger partial charge in [0.25, 0.3) is 0 Å². The Kier molecular flexibility index (Phi) is 4.06. The largest absolute Gasteiger partial charge is 0.352 e. The summed E-state index contributed by atoms with van der Waals surface area (Å²) in [5.74, 6) is 1.03. The van der Waals surface area contributed by atoms with E-state index in [-0.39, 0.29) is 11.9 Å². The molecule has 0 aromatic heterocycles. The maximum atomic E-state index is 12.4. The lowest BCUT2D eigenvalue weighted by Crippen LogP contribution is -2.50. The Hall–Kier alpha value is -1.35. The van der Waals surface area contributed by atoms with Crippen molar-refractivity contribution >= 4 is 5.91 Å². The van der Waals surface area contributed by atoms with Crippen LogP contribution in [0, 0.1) is 5.92 Å². The standard InChI is InChI=1S/C17H24N2O/c1-2-15(9-12-7-8-12)19-17(20)16-10-13-5-3-4-6-14(13)11-18-16/h3-6,12,15-16,18H,2,7-11H2,1H3,(H,19,20)/t15?,16-/m0/s1. The molecule has 0 bridgehead atoms. The van der Waals surface area contributed by atoms with Gasteiger partial charge in [-0.15, -0.1) is 0 Å². The lowest BCUT2D eigenvalue weighted by atomic mass is 9.95. The summed E-state index contributed by atoms with van der Waals surface area (Å²) in [6.45, 7) is 2.96. The first-order valence-electron chi connectivity index (χ1n) is 7.86. The minimum absolute atomic E-state index is 0.0712. The molecule has 2 atom stereocenters. The predicted octanol–water partition coefficient (Wildman–Crippen LogP) is 2.40. The number of hydrogen-bond acceptors (Lipinski definition) is 2. The van der Waals surface area contributed by atoms with Crippen LogP contribution in [-0.2, 0) is 17.8 Å². The highest BCUT2D eigenvalue weighted by atomic mass is 16.2. The quantitative estimate of drug-likeness (QED) is 0.864. The van der Waals surface area contributed by atoms with Crippen molar-refractivity contribution in [1.82, 2.24) is 10.6 Å². The minimum Gasteiger partial charge on any atom is -0.352 e. The van der Waals surface area contributed by atoms with Crippen molar-refractivity contribution in [1.29, 1.82) is 0 Å². The summed E-state index contributed by atoms with van der Waals surface area (Å²) in [6, 6.07) is 8.67. The molecule has 20 heavy (non-hydrogen) atoms. The van der Waals surface area contributed by atoms with E-state index in [4.69, 9.17) is 0 Å². The zero-order valence-corrected chi connectivity index (χ0v) is 12.2. The molecular formula is C17H24N2O. The Bertz CT molecular complexity index is 482. The van der Waals surface area contributed by atoms with Crippen LogP contribution in [0.5, 0.6) is 0 Å². The fourth-order valence-electron chi connectivity index (χ4n) is 3.03. The van der Waals surface area contributed by atoms with E-state index in [1.54, 1.807) is 0 Å².